The lowest BCUT2D eigenvalue weighted by Gasteiger charge is -2.50. The second-order valence-corrected chi connectivity index (χ2v) is 11.2. The average Bonchev–Trinajstić information content (AvgIpc) is 2.89. The largest absolute Gasteiger partial charge is 0.416 e. The summed E-state index contributed by atoms with van der Waals surface area (Å²) in [6, 6.07) is 10.4. The Balaban J connectivity index is 1.61. The van der Waals surface area contributed by atoms with Crippen LogP contribution in [-0.2, 0) is 33.9 Å². The summed E-state index contributed by atoms with van der Waals surface area (Å²) in [5.74, 6) is -0.584. The standard InChI is InChI=1S/C29H33F6N3O2/c1-26(2)25(40)38(14-13-36-26)23-9-11-27(12-10-23,20-7-5-4-6-8-20)37(3)24(39)17-19-15-21(28(30,31)32)18-22(16-19)29(33,34)35/h4-8,15-16,18,23,36H,9-14,17H2,1-3H3. The first-order valence-electron chi connectivity index (χ1n) is 13.2. The van der Waals surface area contributed by atoms with Crippen molar-refractivity contribution in [3.63, 3.8) is 0 Å². The molecule has 1 aliphatic heterocycles. The van der Waals surface area contributed by atoms with E-state index in [1.54, 1.807) is 7.05 Å². The van der Waals surface area contributed by atoms with Crippen LogP contribution in [0.25, 0.3) is 0 Å². The smallest absolute Gasteiger partial charge is 0.337 e. The van der Waals surface area contributed by atoms with Gasteiger partial charge < -0.3 is 15.1 Å². The first kappa shape index (κ1) is 29.9. The van der Waals surface area contributed by atoms with Gasteiger partial charge in [-0.05, 0) is 68.9 Å². The van der Waals surface area contributed by atoms with Crippen molar-refractivity contribution in [1.82, 2.24) is 15.1 Å². The van der Waals surface area contributed by atoms with Gasteiger partial charge >= 0.3 is 12.4 Å². The summed E-state index contributed by atoms with van der Waals surface area (Å²) in [5.41, 5.74) is -3.93. The molecular weight excluding hydrogens is 536 g/mol. The maximum Gasteiger partial charge on any atom is 0.416 e. The van der Waals surface area contributed by atoms with Crippen molar-refractivity contribution in [3.05, 3.63) is 70.8 Å². The lowest BCUT2D eigenvalue weighted by atomic mass is 9.73. The zero-order valence-electron chi connectivity index (χ0n) is 22.6. The first-order valence-corrected chi connectivity index (χ1v) is 13.2. The van der Waals surface area contributed by atoms with Crippen LogP contribution >= 0.6 is 0 Å². The first-order chi connectivity index (χ1) is 18.5. The van der Waals surface area contributed by atoms with Gasteiger partial charge in [-0.1, -0.05) is 30.3 Å². The van der Waals surface area contributed by atoms with E-state index in [-0.39, 0.29) is 23.6 Å². The van der Waals surface area contributed by atoms with E-state index in [0.717, 1.165) is 5.56 Å². The van der Waals surface area contributed by atoms with E-state index in [1.165, 1.54) is 4.90 Å². The number of alkyl halides is 6. The molecule has 0 unspecified atom stereocenters. The van der Waals surface area contributed by atoms with Gasteiger partial charge in [-0.15, -0.1) is 0 Å². The number of nitrogens with one attached hydrogen (secondary N) is 1. The van der Waals surface area contributed by atoms with E-state index in [1.807, 2.05) is 49.1 Å². The number of rotatable bonds is 5. The SMILES string of the molecule is CN(C(=O)Cc1cc(C(F)(F)F)cc(C(F)(F)F)c1)C1(c2ccccc2)CCC(N2CCNC(C)(C)C2=O)CC1. The van der Waals surface area contributed by atoms with Crippen LogP contribution in [0.1, 0.15) is 61.8 Å². The summed E-state index contributed by atoms with van der Waals surface area (Å²) in [5, 5.41) is 3.22. The van der Waals surface area contributed by atoms with Crippen LogP contribution in [0.15, 0.2) is 48.5 Å². The summed E-state index contributed by atoms with van der Waals surface area (Å²) in [6.45, 7) is 4.90. The average molecular weight is 570 g/mol. The highest BCUT2D eigenvalue weighted by molar-refractivity contribution is 5.86. The summed E-state index contributed by atoms with van der Waals surface area (Å²) >= 11 is 0. The summed E-state index contributed by atoms with van der Waals surface area (Å²) in [4.78, 5) is 29.9. The number of carbonyl (C=O) groups is 2. The van der Waals surface area contributed by atoms with Crippen molar-refractivity contribution in [2.24, 2.45) is 0 Å². The number of halogens is 6. The quantitative estimate of drug-likeness (QED) is 0.465. The summed E-state index contributed by atoms with van der Waals surface area (Å²) < 4.78 is 80.3. The molecule has 0 spiro atoms. The van der Waals surface area contributed by atoms with Crippen molar-refractivity contribution in [1.29, 1.82) is 0 Å². The lowest BCUT2D eigenvalue weighted by molar-refractivity contribution is -0.146. The van der Waals surface area contributed by atoms with Gasteiger partial charge in [-0.3, -0.25) is 9.59 Å². The van der Waals surface area contributed by atoms with E-state index < -0.39 is 46.9 Å². The predicted molar refractivity (Wildman–Crippen MR) is 137 cm³/mol. The molecule has 0 bridgehead atoms. The highest BCUT2D eigenvalue weighted by Gasteiger charge is 2.46. The third-order valence-electron chi connectivity index (χ3n) is 8.27. The number of carbonyl (C=O) groups excluding carboxylic acids is 2. The molecule has 1 saturated heterocycles. The minimum absolute atomic E-state index is 0.00501. The van der Waals surface area contributed by atoms with Crippen LogP contribution in [0.4, 0.5) is 26.3 Å². The highest BCUT2D eigenvalue weighted by atomic mass is 19.4. The minimum Gasteiger partial charge on any atom is -0.337 e. The fraction of sp³-hybridized carbons (Fsp3) is 0.517. The normalized spacial score (nSPS) is 23.7. The molecule has 40 heavy (non-hydrogen) atoms. The van der Waals surface area contributed by atoms with Gasteiger partial charge in [0.05, 0.1) is 28.6 Å². The molecule has 5 nitrogen and oxygen atoms in total. The van der Waals surface area contributed by atoms with Gasteiger partial charge in [0.15, 0.2) is 0 Å². The van der Waals surface area contributed by atoms with Gasteiger partial charge in [-0.2, -0.15) is 26.3 Å². The summed E-state index contributed by atoms with van der Waals surface area (Å²) in [7, 11) is 1.55. The van der Waals surface area contributed by atoms with Gasteiger partial charge in [0, 0.05) is 26.2 Å². The number of likely N-dealkylation sites (N-methyl/N-ethyl adjacent to an activating group) is 1. The van der Waals surface area contributed by atoms with Gasteiger partial charge in [0.1, 0.15) is 0 Å². The van der Waals surface area contributed by atoms with Crippen LogP contribution in [0, 0.1) is 0 Å². The highest BCUT2D eigenvalue weighted by Crippen LogP contribution is 2.44. The van der Waals surface area contributed by atoms with Crippen molar-refractivity contribution in [2.45, 2.75) is 75.4 Å². The molecule has 2 aromatic carbocycles. The van der Waals surface area contributed by atoms with E-state index in [0.29, 0.717) is 50.9 Å². The molecule has 218 valence electrons. The Bertz CT molecular complexity index is 1200. The van der Waals surface area contributed by atoms with E-state index in [2.05, 4.69) is 5.32 Å². The Kier molecular flexibility index (Phi) is 8.01. The predicted octanol–water partition coefficient (Wildman–Crippen LogP) is 5.77. The Labute approximate surface area is 229 Å². The van der Waals surface area contributed by atoms with Crippen LogP contribution in [0.3, 0.4) is 0 Å². The molecular formula is C29H33F6N3O2. The number of hydrogen-bond donors (Lipinski definition) is 1. The zero-order valence-corrected chi connectivity index (χ0v) is 22.6. The molecule has 0 atom stereocenters. The minimum atomic E-state index is -5.00. The van der Waals surface area contributed by atoms with E-state index >= 15 is 0 Å². The van der Waals surface area contributed by atoms with Crippen LogP contribution in [-0.4, -0.2) is 53.3 Å². The second-order valence-electron chi connectivity index (χ2n) is 11.2. The molecule has 4 rings (SSSR count). The lowest BCUT2D eigenvalue weighted by Crippen LogP contribution is -2.64. The molecule has 2 aliphatic rings. The Morgan fingerprint density at radius 1 is 0.975 bits per heavy atom. The Morgan fingerprint density at radius 2 is 1.52 bits per heavy atom. The third kappa shape index (κ3) is 5.99. The third-order valence-corrected chi connectivity index (χ3v) is 8.27. The van der Waals surface area contributed by atoms with E-state index in [4.69, 9.17) is 0 Å². The molecule has 1 aliphatic carbocycles. The van der Waals surface area contributed by atoms with Gasteiger partial charge in [-0.25, -0.2) is 0 Å². The van der Waals surface area contributed by atoms with Crippen LogP contribution in [0.2, 0.25) is 0 Å². The van der Waals surface area contributed by atoms with Crippen molar-refractivity contribution >= 4 is 11.8 Å². The number of hydrogen-bond acceptors (Lipinski definition) is 3. The monoisotopic (exact) mass is 569 g/mol. The molecule has 0 radical (unpaired) electrons. The molecule has 1 heterocycles. The number of piperazine rings is 1. The molecule has 1 saturated carbocycles. The number of amides is 2. The zero-order chi connectivity index (χ0) is 29.5. The molecule has 1 N–H and O–H groups in total. The second kappa shape index (κ2) is 10.7. The fourth-order valence-corrected chi connectivity index (χ4v) is 5.98. The molecule has 2 fully saturated rings. The number of benzene rings is 2. The summed E-state index contributed by atoms with van der Waals surface area (Å²) in [6.07, 6.45) is -8.46. The molecule has 0 aromatic heterocycles. The molecule has 2 aromatic rings. The topological polar surface area (TPSA) is 52.7 Å². The van der Waals surface area contributed by atoms with Crippen LogP contribution in [0.5, 0.6) is 0 Å². The van der Waals surface area contributed by atoms with E-state index in [9.17, 15) is 35.9 Å². The van der Waals surface area contributed by atoms with Gasteiger partial charge in [0.2, 0.25) is 11.8 Å². The molecule has 2 amide bonds. The fourth-order valence-electron chi connectivity index (χ4n) is 5.98. The van der Waals surface area contributed by atoms with Crippen molar-refractivity contribution < 1.29 is 35.9 Å². The molecule has 11 heteroatoms. The van der Waals surface area contributed by atoms with Crippen LogP contribution < -0.4 is 5.32 Å². The van der Waals surface area contributed by atoms with Crippen molar-refractivity contribution in [2.75, 3.05) is 20.1 Å². The number of nitrogens with zero attached hydrogens (tertiary/aromatic N) is 2. The van der Waals surface area contributed by atoms with Crippen molar-refractivity contribution in [3.8, 4) is 0 Å². The maximum absolute atomic E-state index is 13.5. The Morgan fingerprint density at radius 3 is 2.05 bits per heavy atom. The Hall–Kier alpha value is -3.08. The van der Waals surface area contributed by atoms with Gasteiger partial charge in [0.25, 0.3) is 0 Å². The maximum atomic E-state index is 13.5.